The molecule has 0 radical (unpaired) electrons. The lowest BCUT2D eigenvalue weighted by Gasteiger charge is -2.07. The zero-order chi connectivity index (χ0) is 20.9. The lowest BCUT2D eigenvalue weighted by molar-refractivity contribution is -0.138. The lowest BCUT2D eigenvalue weighted by Crippen LogP contribution is -2.32. The standard InChI is InChI=1S/C23H20N4O3/c24-21(23(28)29)14-16-6-10-18(11-7-16)27-15-22(25-26-27)17-8-12-20(13-9-17)30-19-4-2-1-3-5-19/h1-13,15,21H,14,24H2,(H,28,29)/t21-/m0/s1. The first-order chi connectivity index (χ1) is 14.6. The van der Waals surface area contributed by atoms with Crippen molar-refractivity contribution in [3.8, 4) is 28.4 Å². The summed E-state index contributed by atoms with van der Waals surface area (Å²) in [7, 11) is 0. The smallest absolute Gasteiger partial charge is 0.320 e. The van der Waals surface area contributed by atoms with E-state index in [4.69, 9.17) is 15.6 Å². The van der Waals surface area contributed by atoms with E-state index in [-0.39, 0.29) is 6.42 Å². The van der Waals surface area contributed by atoms with Gasteiger partial charge in [-0.2, -0.15) is 0 Å². The van der Waals surface area contributed by atoms with Gasteiger partial charge in [-0.25, -0.2) is 4.68 Å². The highest BCUT2D eigenvalue weighted by atomic mass is 16.5. The van der Waals surface area contributed by atoms with E-state index < -0.39 is 12.0 Å². The highest BCUT2D eigenvalue weighted by Crippen LogP contribution is 2.25. The molecule has 30 heavy (non-hydrogen) atoms. The van der Waals surface area contributed by atoms with Crippen molar-refractivity contribution < 1.29 is 14.6 Å². The predicted molar refractivity (Wildman–Crippen MR) is 113 cm³/mol. The summed E-state index contributed by atoms with van der Waals surface area (Å²) in [4.78, 5) is 10.9. The quantitative estimate of drug-likeness (QED) is 0.490. The van der Waals surface area contributed by atoms with Crippen LogP contribution in [0.3, 0.4) is 0 Å². The maximum absolute atomic E-state index is 10.9. The average Bonchev–Trinajstić information content (AvgIpc) is 3.26. The van der Waals surface area contributed by atoms with Gasteiger partial charge in [0, 0.05) is 5.56 Å². The van der Waals surface area contributed by atoms with Gasteiger partial charge in [0.1, 0.15) is 23.2 Å². The molecule has 1 atom stereocenters. The van der Waals surface area contributed by atoms with Crippen LogP contribution in [-0.4, -0.2) is 32.1 Å². The van der Waals surface area contributed by atoms with Gasteiger partial charge in [-0.3, -0.25) is 4.79 Å². The molecule has 0 amide bonds. The Bertz CT molecular complexity index is 1120. The molecular formula is C23H20N4O3. The van der Waals surface area contributed by atoms with E-state index in [1.54, 1.807) is 4.68 Å². The summed E-state index contributed by atoms with van der Waals surface area (Å²) >= 11 is 0. The van der Waals surface area contributed by atoms with E-state index in [9.17, 15) is 4.79 Å². The van der Waals surface area contributed by atoms with E-state index in [2.05, 4.69) is 10.3 Å². The minimum absolute atomic E-state index is 0.273. The Morgan fingerprint density at radius 2 is 1.63 bits per heavy atom. The minimum Gasteiger partial charge on any atom is -0.480 e. The molecule has 3 N–H and O–H groups in total. The molecule has 7 nitrogen and oxygen atoms in total. The molecular weight excluding hydrogens is 380 g/mol. The number of nitrogens with zero attached hydrogens (tertiary/aromatic N) is 3. The number of benzene rings is 3. The molecule has 7 heteroatoms. The Kier molecular flexibility index (Phi) is 5.54. The second-order valence-corrected chi connectivity index (χ2v) is 6.80. The van der Waals surface area contributed by atoms with E-state index in [0.29, 0.717) is 0 Å². The summed E-state index contributed by atoms with van der Waals surface area (Å²) in [5.74, 6) is 0.511. The Hall–Kier alpha value is -3.97. The van der Waals surface area contributed by atoms with Crippen LogP contribution in [0.25, 0.3) is 16.9 Å². The molecule has 3 aromatic carbocycles. The molecule has 0 spiro atoms. The van der Waals surface area contributed by atoms with Crippen LogP contribution in [-0.2, 0) is 11.2 Å². The molecule has 1 heterocycles. The summed E-state index contributed by atoms with van der Waals surface area (Å²) in [5, 5.41) is 17.4. The number of aromatic nitrogens is 3. The number of para-hydroxylation sites is 1. The third-order valence-corrected chi connectivity index (χ3v) is 4.60. The summed E-state index contributed by atoms with van der Waals surface area (Å²) in [6, 6.07) is 23.7. The van der Waals surface area contributed by atoms with Gasteiger partial charge in [-0.1, -0.05) is 35.5 Å². The van der Waals surface area contributed by atoms with Crippen LogP contribution in [0.5, 0.6) is 11.5 Å². The molecule has 0 aliphatic rings. The number of hydrogen-bond donors (Lipinski definition) is 2. The maximum atomic E-state index is 10.9. The first-order valence-electron chi connectivity index (χ1n) is 9.42. The van der Waals surface area contributed by atoms with Crippen LogP contribution < -0.4 is 10.5 Å². The number of nitrogens with two attached hydrogens (primary N) is 1. The first-order valence-corrected chi connectivity index (χ1v) is 9.42. The number of carbonyl (C=O) groups is 1. The van der Waals surface area contributed by atoms with E-state index in [1.165, 1.54) is 0 Å². The van der Waals surface area contributed by atoms with Gasteiger partial charge in [-0.05, 0) is 60.5 Å². The Morgan fingerprint density at radius 1 is 0.967 bits per heavy atom. The molecule has 0 fully saturated rings. The third kappa shape index (κ3) is 4.53. The van der Waals surface area contributed by atoms with Gasteiger partial charge < -0.3 is 15.6 Å². The maximum Gasteiger partial charge on any atom is 0.320 e. The first kappa shape index (κ1) is 19.4. The number of hydrogen-bond acceptors (Lipinski definition) is 5. The van der Waals surface area contributed by atoms with Gasteiger partial charge in [0.2, 0.25) is 0 Å². The van der Waals surface area contributed by atoms with Crippen molar-refractivity contribution in [3.63, 3.8) is 0 Å². The topological polar surface area (TPSA) is 103 Å². The SMILES string of the molecule is N[C@@H](Cc1ccc(-n2cc(-c3ccc(Oc4ccccc4)cc3)nn2)cc1)C(=O)O. The van der Waals surface area contributed by atoms with Crippen molar-refractivity contribution in [3.05, 3.63) is 90.6 Å². The zero-order valence-corrected chi connectivity index (χ0v) is 16.1. The van der Waals surface area contributed by atoms with Crippen molar-refractivity contribution in [2.24, 2.45) is 5.73 Å². The molecule has 150 valence electrons. The number of rotatable bonds is 7. The Balaban J connectivity index is 1.45. The summed E-state index contributed by atoms with van der Waals surface area (Å²) in [5.41, 5.74) is 8.91. The van der Waals surface area contributed by atoms with E-state index >= 15 is 0 Å². The van der Waals surface area contributed by atoms with Crippen LogP contribution >= 0.6 is 0 Å². The van der Waals surface area contributed by atoms with Crippen LogP contribution in [0.2, 0.25) is 0 Å². The van der Waals surface area contributed by atoms with Crippen LogP contribution in [0.4, 0.5) is 0 Å². The van der Waals surface area contributed by atoms with Crippen molar-refractivity contribution in [2.45, 2.75) is 12.5 Å². The molecule has 0 saturated heterocycles. The molecule has 0 unspecified atom stereocenters. The van der Waals surface area contributed by atoms with E-state index in [0.717, 1.165) is 34.0 Å². The highest BCUT2D eigenvalue weighted by molar-refractivity contribution is 5.73. The highest BCUT2D eigenvalue weighted by Gasteiger charge is 2.12. The van der Waals surface area contributed by atoms with Gasteiger partial charge in [-0.15, -0.1) is 5.10 Å². The monoisotopic (exact) mass is 400 g/mol. The van der Waals surface area contributed by atoms with Crippen molar-refractivity contribution in [2.75, 3.05) is 0 Å². The number of aliphatic carboxylic acids is 1. The van der Waals surface area contributed by atoms with Crippen molar-refractivity contribution >= 4 is 5.97 Å². The molecule has 0 bridgehead atoms. The van der Waals surface area contributed by atoms with Crippen LogP contribution in [0.1, 0.15) is 5.56 Å². The minimum atomic E-state index is -1.01. The van der Waals surface area contributed by atoms with Gasteiger partial charge >= 0.3 is 5.97 Å². The fraction of sp³-hybridized carbons (Fsp3) is 0.0870. The Labute approximate surface area is 173 Å². The van der Waals surface area contributed by atoms with Crippen LogP contribution in [0.15, 0.2) is 85.1 Å². The van der Waals surface area contributed by atoms with Crippen LogP contribution in [0, 0.1) is 0 Å². The average molecular weight is 400 g/mol. The number of carboxylic acid groups (broad SMARTS) is 1. The largest absolute Gasteiger partial charge is 0.480 e. The Morgan fingerprint density at radius 3 is 2.30 bits per heavy atom. The van der Waals surface area contributed by atoms with Crippen molar-refractivity contribution in [1.82, 2.24) is 15.0 Å². The second-order valence-electron chi connectivity index (χ2n) is 6.80. The normalized spacial score (nSPS) is 11.8. The molecule has 0 aliphatic carbocycles. The molecule has 0 saturated carbocycles. The van der Waals surface area contributed by atoms with E-state index in [1.807, 2.05) is 85.1 Å². The molecule has 4 aromatic rings. The summed E-state index contributed by atoms with van der Waals surface area (Å²) < 4.78 is 7.48. The predicted octanol–water partition coefficient (Wildman–Crippen LogP) is 3.68. The lowest BCUT2D eigenvalue weighted by atomic mass is 10.1. The second kappa shape index (κ2) is 8.59. The summed E-state index contributed by atoms with van der Waals surface area (Å²) in [6.07, 6.45) is 2.11. The number of ether oxygens (including phenoxy) is 1. The van der Waals surface area contributed by atoms with Gasteiger partial charge in [0.25, 0.3) is 0 Å². The molecule has 1 aromatic heterocycles. The van der Waals surface area contributed by atoms with Gasteiger partial charge in [0.05, 0.1) is 11.9 Å². The number of carboxylic acids is 1. The fourth-order valence-electron chi connectivity index (χ4n) is 2.97. The molecule has 4 rings (SSSR count). The molecule has 0 aliphatic heterocycles. The zero-order valence-electron chi connectivity index (χ0n) is 16.1. The van der Waals surface area contributed by atoms with Crippen molar-refractivity contribution in [1.29, 1.82) is 0 Å². The fourth-order valence-corrected chi connectivity index (χ4v) is 2.97. The third-order valence-electron chi connectivity index (χ3n) is 4.60. The summed E-state index contributed by atoms with van der Waals surface area (Å²) in [6.45, 7) is 0. The van der Waals surface area contributed by atoms with Gasteiger partial charge in [0.15, 0.2) is 0 Å².